The van der Waals surface area contributed by atoms with Crippen LogP contribution in [-0.2, 0) is 5.41 Å². The van der Waals surface area contributed by atoms with Crippen molar-refractivity contribution in [3.63, 3.8) is 0 Å². The summed E-state index contributed by atoms with van der Waals surface area (Å²) in [5, 5.41) is 0. The summed E-state index contributed by atoms with van der Waals surface area (Å²) in [4.78, 5) is 5.12. The third kappa shape index (κ3) is 7.76. The van der Waals surface area contributed by atoms with Crippen LogP contribution in [0.4, 0.5) is 17.1 Å². The van der Waals surface area contributed by atoms with Crippen LogP contribution in [0.25, 0.3) is 33.4 Å². The topological polar surface area (TPSA) is 6.48 Å². The summed E-state index contributed by atoms with van der Waals surface area (Å²) >= 11 is 0. The van der Waals surface area contributed by atoms with Crippen molar-refractivity contribution in [2.75, 3.05) is 9.80 Å². The molecule has 0 N–H and O–H groups in total. The fraction of sp³-hybridized carbons (Fsp3) is 0.178. The maximum absolute atomic E-state index is 2.69. The molecule has 5 atom stereocenters. The van der Waals surface area contributed by atoms with Crippen LogP contribution in [0, 0.1) is 5.92 Å². The average Bonchev–Trinajstić information content (AvgIpc) is 4.08. The normalized spacial score (nSPS) is 23.5. The lowest BCUT2D eigenvalue weighted by molar-refractivity contribution is 0.599. The molecule has 0 heterocycles. The number of anilines is 3. The highest BCUT2D eigenvalue weighted by atomic mass is 15.2. The van der Waals surface area contributed by atoms with E-state index in [1.54, 1.807) is 5.57 Å². The van der Waals surface area contributed by atoms with E-state index in [0.29, 0.717) is 0 Å². The molecule has 5 unspecified atom stereocenters. The summed E-state index contributed by atoms with van der Waals surface area (Å²) in [7, 11) is 0. The molecule has 75 heavy (non-hydrogen) atoms. The van der Waals surface area contributed by atoms with E-state index in [0.717, 1.165) is 51.4 Å². The minimum absolute atomic E-state index is 0.147. The van der Waals surface area contributed by atoms with Gasteiger partial charge in [-0.3, -0.25) is 0 Å². The van der Waals surface area contributed by atoms with E-state index in [-0.39, 0.29) is 23.9 Å². The van der Waals surface area contributed by atoms with Crippen LogP contribution in [0.5, 0.6) is 0 Å². The molecule has 0 radical (unpaired) electrons. The third-order valence-corrected chi connectivity index (χ3v) is 17.4. The van der Waals surface area contributed by atoms with Gasteiger partial charge in [0.05, 0.1) is 17.5 Å². The number of benzene rings is 6. The smallest absolute Gasteiger partial charge is 0.0648 e. The molecule has 8 aliphatic carbocycles. The van der Waals surface area contributed by atoms with Gasteiger partial charge in [0, 0.05) is 34.6 Å². The molecule has 0 saturated heterocycles. The molecule has 364 valence electrons. The Balaban J connectivity index is 0.969. The van der Waals surface area contributed by atoms with Crippen LogP contribution in [-0.4, -0.2) is 12.1 Å². The number of allylic oxidation sites excluding steroid dienone is 19. The highest BCUT2D eigenvalue weighted by Crippen LogP contribution is 2.69. The van der Waals surface area contributed by atoms with E-state index in [1.165, 1.54) is 95.1 Å². The van der Waals surface area contributed by atoms with Gasteiger partial charge < -0.3 is 9.80 Å². The van der Waals surface area contributed by atoms with Gasteiger partial charge in [0.2, 0.25) is 0 Å². The van der Waals surface area contributed by atoms with Gasteiger partial charge >= 0.3 is 0 Å². The molecule has 0 saturated carbocycles. The molecule has 6 aromatic carbocycles. The van der Waals surface area contributed by atoms with Gasteiger partial charge in [-0.15, -0.1) is 0 Å². The van der Waals surface area contributed by atoms with Crippen molar-refractivity contribution in [3.05, 3.63) is 305 Å². The van der Waals surface area contributed by atoms with Crippen molar-refractivity contribution in [1.29, 1.82) is 0 Å². The molecule has 0 aliphatic heterocycles. The summed E-state index contributed by atoms with van der Waals surface area (Å²) in [6, 6.07) is 56.2. The minimum Gasteiger partial charge on any atom is -0.335 e. The fourth-order valence-corrected chi connectivity index (χ4v) is 14.2. The van der Waals surface area contributed by atoms with Crippen LogP contribution >= 0.6 is 0 Å². The summed E-state index contributed by atoms with van der Waals surface area (Å²) in [6.45, 7) is 0. The second kappa shape index (κ2) is 19.3. The third-order valence-electron chi connectivity index (χ3n) is 17.4. The molecule has 0 fully saturated rings. The number of para-hydroxylation sites is 1. The molecule has 0 amide bonds. The Kier molecular flexibility index (Phi) is 11.7. The van der Waals surface area contributed by atoms with E-state index in [1.807, 2.05) is 0 Å². The lowest BCUT2D eigenvalue weighted by Gasteiger charge is -2.37. The largest absolute Gasteiger partial charge is 0.335 e. The highest BCUT2D eigenvalue weighted by molar-refractivity contribution is 5.98. The number of rotatable bonds is 10. The first kappa shape index (κ1) is 45.4. The lowest BCUT2D eigenvalue weighted by Crippen LogP contribution is -2.33. The van der Waals surface area contributed by atoms with E-state index < -0.39 is 5.41 Å². The SMILES string of the molecule is C1=CCCC(C2=CC3=C(CC2)C2(C4=CC=CC(c5cccc(N(C6=CCCC=C6)C6C=CC=CC6)c5)C43)c3ccc(-c4ccccc4)cc3-c3c(-c4cccc(N(c5ccccc5)C5C=CC=CC5)c4)cccc32)=C1. The Hall–Kier alpha value is -8.20. The summed E-state index contributed by atoms with van der Waals surface area (Å²) in [5.74, 6) is 0.305. The second-order valence-corrected chi connectivity index (χ2v) is 21.4. The number of hydrogen-bond donors (Lipinski definition) is 0. The van der Waals surface area contributed by atoms with Crippen molar-refractivity contribution in [3.8, 4) is 33.4 Å². The Morgan fingerprint density at radius 1 is 0.467 bits per heavy atom. The zero-order chi connectivity index (χ0) is 49.7. The van der Waals surface area contributed by atoms with Crippen molar-refractivity contribution in [2.24, 2.45) is 5.92 Å². The maximum atomic E-state index is 2.69. The van der Waals surface area contributed by atoms with E-state index >= 15 is 0 Å². The van der Waals surface area contributed by atoms with Gasteiger partial charge in [-0.2, -0.15) is 0 Å². The number of hydrogen-bond acceptors (Lipinski definition) is 2. The van der Waals surface area contributed by atoms with Gasteiger partial charge in [0.15, 0.2) is 0 Å². The van der Waals surface area contributed by atoms with Crippen LogP contribution in [0.3, 0.4) is 0 Å². The molecule has 6 aromatic rings. The summed E-state index contributed by atoms with van der Waals surface area (Å²) in [5.41, 5.74) is 24.1. The lowest BCUT2D eigenvalue weighted by atomic mass is 9.65. The molecule has 1 spiro atoms. The van der Waals surface area contributed by atoms with E-state index in [4.69, 9.17) is 0 Å². The van der Waals surface area contributed by atoms with Gasteiger partial charge in [-0.05, 0) is 178 Å². The van der Waals surface area contributed by atoms with Crippen molar-refractivity contribution < 1.29 is 0 Å². The van der Waals surface area contributed by atoms with Crippen LogP contribution in [0.2, 0.25) is 0 Å². The zero-order valence-corrected chi connectivity index (χ0v) is 42.6. The highest BCUT2D eigenvalue weighted by Gasteiger charge is 2.58. The molecule has 2 nitrogen and oxygen atoms in total. The Labute approximate surface area is 443 Å². The van der Waals surface area contributed by atoms with Crippen molar-refractivity contribution in [1.82, 2.24) is 0 Å². The summed E-state index contributed by atoms with van der Waals surface area (Å²) in [6.07, 6.45) is 50.8. The Morgan fingerprint density at radius 2 is 1.23 bits per heavy atom. The van der Waals surface area contributed by atoms with Crippen LogP contribution < -0.4 is 9.80 Å². The standard InChI is InChI=1S/C73H62N2/c1-7-23-51(24-8-1)53-43-45-67-65(49-53)71-63(55-27-19-37-61(47-55)74(57-29-11-3-12-30-57)58-31-13-4-14-32-58)39-21-41-69(71)73(67)68-46-44-54(52-25-9-2-10-26-52)50-66(68)72-64(40-22-42-70(72)73)56-28-20-38-62(48-56)75(59-33-15-5-16-34-59)60-35-17-6-18-36-60/h1-5,7-9,11-17,19-25,27-31,33,35-43,45,47-50,58-59,64,72H,6,10,18,26,32,34,44,46H2. The van der Waals surface area contributed by atoms with Crippen molar-refractivity contribution in [2.45, 2.75) is 74.8 Å². The molecule has 0 bridgehead atoms. The maximum Gasteiger partial charge on any atom is 0.0648 e. The van der Waals surface area contributed by atoms with Gasteiger partial charge in [-0.25, -0.2) is 0 Å². The quantitative estimate of drug-likeness (QED) is 0.135. The minimum atomic E-state index is -0.435. The van der Waals surface area contributed by atoms with E-state index in [9.17, 15) is 0 Å². The molecule has 0 aromatic heterocycles. The van der Waals surface area contributed by atoms with Crippen LogP contribution in [0.15, 0.2) is 289 Å². The average molecular weight is 967 g/mol. The first-order valence-electron chi connectivity index (χ1n) is 27.6. The molecule has 2 heteroatoms. The number of fused-ring (bicyclic) bond motifs is 9. The first-order chi connectivity index (χ1) is 37.2. The fourth-order valence-electron chi connectivity index (χ4n) is 14.2. The monoisotopic (exact) mass is 966 g/mol. The summed E-state index contributed by atoms with van der Waals surface area (Å²) < 4.78 is 0. The first-order valence-corrected chi connectivity index (χ1v) is 27.6. The Bertz CT molecular complexity index is 3630. The molecular formula is C73H62N2. The van der Waals surface area contributed by atoms with Gasteiger partial charge in [-0.1, -0.05) is 206 Å². The second-order valence-electron chi connectivity index (χ2n) is 21.4. The predicted octanol–water partition coefficient (Wildman–Crippen LogP) is 18.4. The van der Waals surface area contributed by atoms with Crippen LogP contribution in [0.1, 0.15) is 74.0 Å². The molecular weight excluding hydrogens is 905 g/mol. The zero-order valence-electron chi connectivity index (χ0n) is 42.6. The number of nitrogens with zero attached hydrogens (tertiary/aromatic N) is 2. The van der Waals surface area contributed by atoms with E-state index in [2.05, 4.69) is 265 Å². The Morgan fingerprint density at radius 3 is 2.00 bits per heavy atom. The van der Waals surface area contributed by atoms with Crippen molar-refractivity contribution >= 4 is 17.1 Å². The van der Waals surface area contributed by atoms with Gasteiger partial charge in [0.25, 0.3) is 0 Å². The predicted molar refractivity (Wildman–Crippen MR) is 315 cm³/mol. The van der Waals surface area contributed by atoms with Gasteiger partial charge in [0.1, 0.15) is 0 Å². The molecule has 8 aliphatic rings. The molecule has 14 rings (SSSR count).